The molecule has 2 heterocycles. The van der Waals surface area contributed by atoms with Crippen LogP contribution in [0.5, 0.6) is 11.5 Å². The highest BCUT2D eigenvalue weighted by molar-refractivity contribution is 6.07. The molecule has 1 unspecified atom stereocenters. The highest BCUT2D eigenvalue weighted by Crippen LogP contribution is 2.51. The molecule has 9 heteroatoms. The third-order valence-corrected chi connectivity index (χ3v) is 14.5. The third-order valence-electron chi connectivity index (χ3n) is 14.5. The number of phenols is 1. The molecule has 0 aromatic heterocycles. The predicted molar refractivity (Wildman–Crippen MR) is 253 cm³/mol. The van der Waals surface area contributed by atoms with E-state index in [-0.39, 0.29) is 41.1 Å². The fraction of sp³-hybridized carbons (Fsp3) is 0.481. The molecule has 7 rings (SSSR count). The fourth-order valence-electron chi connectivity index (χ4n) is 11.1. The molecule has 1 saturated carbocycles. The summed E-state index contributed by atoms with van der Waals surface area (Å²) in [5.74, 6) is 1.67. The first-order chi connectivity index (χ1) is 30.7. The van der Waals surface area contributed by atoms with Crippen LogP contribution < -0.4 is 26.4 Å². The Morgan fingerprint density at radius 3 is 2.44 bits per heavy atom. The van der Waals surface area contributed by atoms with Crippen LogP contribution in [-0.2, 0) is 35.3 Å². The number of carbonyl (C=O) groups excluding carboxylic acids is 2. The van der Waals surface area contributed by atoms with E-state index in [0.29, 0.717) is 47.8 Å². The van der Waals surface area contributed by atoms with Crippen molar-refractivity contribution in [1.29, 1.82) is 0 Å². The largest absolute Gasteiger partial charge is 0.504 e. The fourth-order valence-corrected chi connectivity index (χ4v) is 11.1. The maximum Gasteiger partial charge on any atom is 0.163 e. The number of ether oxygens (including phenoxy) is 1. The number of nitrogens with two attached hydrogens (primary N) is 1. The Labute approximate surface area is 375 Å². The first-order valence-electron chi connectivity index (χ1n) is 23.5. The molecule has 1 saturated heterocycles. The van der Waals surface area contributed by atoms with Crippen LogP contribution in [0, 0.1) is 23.2 Å². The van der Waals surface area contributed by atoms with Gasteiger partial charge in [-0.05, 0) is 176 Å². The van der Waals surface area contributed by atoms with E-state index in [1.165, 1.54) is 68.4 Å². The van der Waals surface area contributed by atoms with Crippen molar-refractivity contribution >= 4 is 17.1 Å². The Bertz CT molecular complexity index is 2150. The number of aromatic hydroxyl groups is 1. The highest BCUT2D eigenvalue weighted by atomic mass is 16.5. The zero-order valence-electron chi connectivity index (χ0n) is 37.5. The Morgan fingerprint density at radius 1 is 0.952 bits per heavy atom. The van der Waals surface area contributed by atoms with E-state index in [0.717, 1.165) is 68.3 Å². The van der Waals surface area contributed by atoms with Crippen molar-refractivity contribution in [3.8, 4) is 11.5 Å². The van der Waals surface area contributed by atoms with E-state index in [1.54, 1.807) is 12.1 Å². The number of methoxy groups -OCH3 is 1. The van der Waals surface area contributed by atoms with Gasteiger partial charge in [0.05, 0.1) is 26.3 Å². The number of carbonyl (C=O) groups is 2. The summed E-state index contributed by atoms with van der Waals surface area (Å²) >= 11 is 0. The van der Waals surface area contributed by atoms with Gasteiger partial charge in [-0.25, -0.2) is 0 Å². The van der Waals surface area contributed by atoms with E-state index in [2.05, 4.69) is 83.7 Å². The lowest BCUT2D eigenvalue weighted by Crippen LogP contribution is -2.49. The number of dihydropyridines is 1. The molecular weight excluding hydrogens is 785 g/mol. The van der Waals surface area contributed by atoms with Crippen molar-refractivity contribution in [3.05, 3.63) is 136 Å². The van der Waals surface area contributed by atoms with Gasteiger partial charge in [-0.15, -0.1) is 0 Å². The quantitative estimate of drug-likeness (QED) is 0.0356. The monoisotopic (exact) mass is 855 g/mol. The Morgan fingerprint density at radius 2 is 1.70 bits per heavy atom. The minimum absolute atomic E-state index is 0.0361. The van der Waals surface area contributed by atoms with Gasteiger partial charge in [0.2, 0.25) is 0 Å². The van der Waals surface area contributed by atoms with Crippen molar-refractivity contribution in [3.63, 3.8) is 0 Å². The van der Waals surface area contributed by atoms with Gasteiger partial charge in [-0.3, -0.25) is 9.59 Å². The first kappa shape index (κ1) is 46.2. The molecule has 3 aromatic carbocycles. The number of aliphatic hydroxyl groups excluding tert-OH is 1. The number of hydrogen-bond donors (Lipinski definition) is 6. The van der Waals surface area contributed by atoms with Gasteiger partial charge >= 0.3 is 0 Å². The van der Waals surface area contributed by atoms with Crippen LogP contribution in [0.2, 0.25) is 0 Å². The number of aryl methyl sites for hydroxylation is 3. The number of rotatable bonds is 21. The number of Topliss-reactive ketones (excluding diaryl/α,β-unsaturated/α-hetero) is 1. The minimum atomic E-state index is -0.420. The number of nitrogens with one attached hydrogen (secondary N) is 3. The van der Waals surface area contributed by atoms with E-state index in [4.69, 9.17) is 10.5 Å². The average Bonchev–Trinajstić information content (AvgIpc) is 3.76. The number of fused-ring (bicyclic) bond motifs is 1. The molecule has 0 spiro atoms. The molecule has 2 aliphatic heterocycles. The second kappa shape index (κ2) is 22.2. The van der Waals surface area contributed by atoms with Crippen LogP contribution in [0.4, 0.5) is 0 Å². The van der Waals surface area contributed by atoms with E-state index in [1.807, 2.05) is 18.3 Å². The normalized spacial score (nSPS) is 23.0. The number of hydrogen-bond acceptors (Lipinski definition) is 9. The lowest BCUT2D eigenvalue weighted by atomic mass is 9.63. The lowest BCUT2D eigenvalue weighted by Gasteiger charge is -2.46. The number of allylic oxidation sites excluding steroid dienone is 3. The second-order valence-electron chi connectivity index (χ2n) is 18.7. The van der Waals surface area contributed by atoms with Crippen molar-refractivity contribution in [2.45, 2.75) is 109 Å². The predicted octanol–water partition coefficient (Wildman–Crippen LogP) is 8.08. The van der Waals surface area contributed by atoms with Gasteiger partial charge in [-0.2, -0.15) is 0 Å². The third kappa shape index (κ3) is 12.3. The summed E-state index contributed by atoms with van der Waals surface area (Å²) in [5.41, 5.74) is 14.3. The van der Waals surface area contributed by atoms with Crippen LogP contribution >= 0.6 is 0 Å². The SMILES string of the molecule is CN[C@@H]1C=C[C@@H]2CNCC[C@@H]2[C@H]1CC1(CCCC(=O)CC(=O)/C=C(\CO)c2cc(OC)c(O)cc2CC2=CNC(N)C=C2CCc2cccc(CCc3ccccc3)c2)CCCC1. The van der Waals surface area contributed by atoms with E-state index in [9.17, 15) is 19.8 Å². The van der Waals surface area contributed by atoms with Gasteiger partial charge in [-0.1, -0.05) is 79.6 Å². The molecular formula is C54H70N4O5. The van der Waals surface area contributed by atoms with Crippen molar-refractivity contribution < 1.29 is 24.5 Å². The summed E-state index contributed by atoms with van der Waals surface area (Å²) in [4.78, 5) is 27.0. The molecule has 336 valence electrons. The minimum Gasteiger partial charge on any atom is -0.504 e. The molecule has 2 fully saturated rings. The van der Waals surface area contributed by atoms with Crippen molar-refractivity contribution in [2.75, 3.05) is 33.9 Å². The standard InChI is InChI=1S/C54H70N4O5/c1-56-50-20-19-41-34-57-25-21-47(41)49(50)33-54(22-6-7-23-54)24-9-14-45(60)31-46(61)28-44(36-59)48-32-52(63-2)51(62)29-42(48)27-43-35-58-53(55)30-40(43)18-17-39-13-8-12-38(26-39)16-15-37-10-4-3-5-11-37/h3-5,8,10-13,19-20,26,28-30,32,35,41,47,49-50,53,56-59,62H,6-7,9,14-18,21-25,27,31,33-34,36,55H2,1-2H3/b44-28+/t41-,47+,49-,50-,53?/m1/s1. The number of benzene rings is 3. The van der Waals surface area contributed by atoms with Crippen LogP contribution in [0.25, 0.3) is 5.57 Å². The Balaban J connectivity index is 0.985. The Hall–Kier alpha value is -4.80. The maximum atomic E-state index is 13.6. The molecule has 4 aliphatic rings. The molecule has 3 aromatic rings. The number of piperidine rings is 1. The molecule has 7 N–H and O–H groups in total. The van der Waals surface area contributed by atoms with Gasteiger partial charge in [0.25, 0.3) is 0 Å². The van der Waals surface area contributed by atoms with E-state index < -0.39 is 6.61 Å². The number of ketones is 2. The van der Waals surface area contributed by atoms with Crippen LogP contribution in [0.1, 0.15) is 98.4 Å². The average molecular weight is 855 g/mol. The van der Waals surface area contributed by atoms with E-state index >= 15 is 0 Å². The summed E-state index contributed by atoms with van der Waals surface area (Å²) in [7, 11) is 3.56. The molecule has 0 amide bonds. The second-order valence-corrected chi connectivity index (χ2v) is 18.7. The van der Waals surface area contributed by atoms with Crippen LogP contribution in [0.15, 0.2) is 108 Å². The summed E-state index contributed by atoms with van der Waals surface area (Å²) in [6.07, 6.45) is 23.1. The summed E-state index contributed by atoms with van der Waals surface area (Å²) in [6.45, 7) is 1.73. The van der Waals surface area contributed by atoms with Gasteiger partial charge in [0.1, 0.15) is 5.78 Å². The number of aliphatic hydroxyl groups is 1. The van der Waals surface area contributed by atoms with Crippen molar-refractivity contribution in [1.82, 2.24) is 16.0 Å². The van der Waals surface area contributed by atoms with Crippen LogP contribution in [-0.4, -0.2) is 67.8 Å². The smallest absolute Gasteiger partial charge is 0.163 e. The van der Waals surface area contributed by atoms with Gasteiger partial charge in [0.15, 0.2) is 17.3 Å². The first-order valence-corrected chi connectivity index (χ1v) is 23.5. The van der Waals surface area contributed by atoms with Crippen LogP contribution in [0.3, 0.4) is 0 Å². The van der Waals surface area contributed by atoms with Gasteiger partial charge < -0.3 is 36.6 Å². The zero-order chi connectivity index (χ0) is 44.2. The Kier molecular flexibility index (Phi) is 16.3. The highest BCUT2D eigenvalue weighted by Gasteiger charge is 2.43. The zero-order valence-corrected chi connectivity index (χ0v) is 37.5. The summed E-state index contributed by atoms with van der Waals surface area (Å²) < 4.78 is 5.49. The van der Waals surface area contributed by atoms with Crippen molar-refractivity contribution in [2.24, 2.45) is 28.9 Å². The molecule has 0 bridgehead atoms. The lowest BCUT2D eigenvalue weighted by molar-refractivity contribution is -0.124. The number of likely N-dealkylation sites (N-methyl/N-ethyl adjacent to an activating group) is 1. The molecule has 9 nitrogen and oxygen atoms in total. The molecule has 0 radical (unpaired) electrons. The summed E-state index contributed by atoms with van der Waals surface area (Å²) in [5, 5.41) is 32.1. The van der Waals surface area contributed by atoms with Gasteiger partial charge in [0, 0.05) is 25.2 Å². The molecule has 2 aliphatic carbocycles. The summed E-state index contributed by atoms with van der Waals surface area (Å²) in [6, 6.07) is 23.0. The topological polar surface area (TPSA) is 146 Å². The molecule has 63 heavy (non-hydrogen) atoms. The number of phenolic OH excluding ortho intramolecular Hbond substituents is 1. The molecule has 5 atom stereocenters. The maximum absolute atomic E-state index is 13.6.